The number of hydrogen-bond acceptors (Lipinski definition) is 15. The van der Waals surface area contributed by atoms with E-state index in [1.807, 2.05) is 0 Å². The molecule has 5 unspecified atom stereocenters. The van der Waals surface area contributed by atoms with Gasteiger partial charge in [0.15, 0.2) is 12.2 Å². The summed E-state index contributed by atoms with van der Waals surface area (Å²) in [6.07, 6.45) is 87.8. The van der Waals surface area contributed by atoms with Gasteiger partial charge in [-0.3, -0.25) is 37.3 Å². The number of phosphoric ester groups is 2. The molecule has 0 rings (SSSR count). The fourth-order valence-corrected chi connectivity index (χ4v) is 13.6. The molecule has 0 radical (unpaired) electrons. The second-order valence-electron chi connectivity index (χ2n) is 29.1. The van der Waals surface area contributed by atoms with E-state index in [-0.39, 0.29) is 25.7 Å². The van der Waals surface area contributed by atoms with E-state index in [4.69, 9.17) is 37.0 Å². The number of carbonyl (C=O) groups excluding carboxylic acids is 4. The van der Waals surface area contributed by atoms with Gasteiger partial charge in [0.25, 0.3) is 0 Å². The molecule has 0 aromatic heterocycles. The van der Waals surface area contributed by atoms with E-state index in [2.05, 4.69) is 125 Å². The van der Waals surface area contributed by atoms with Gasteiger partial charge in [0.1, 0.15) is 19.3 Å². The van der Waals surface area contributed by atoms with Crippen LogP contribution in [-0.2, 0) is 65.4 Å². The number of hydrogen-bond donors (Lipinski definition) is 3. The minimum Gasteiger partial charge on any atom is -0.462 e. The number of ether oxygens (including phenoxy) is 4. The van der Waals surface area contributed by atoms with Crippen LogP contribution in [0.3, 0.4) is 0 Å². The maximum atomic E-state index is 13.1. The van der Waals surface area contributed by atoms with Crippen LogP contribution in [0.25, 0.3) is 0 Å². The summed E-state index contributed by atoms with van der Waals surface area (Å²) in [5.41, 5.74) is 0. The quantitative estimate of drug-likeness (QED) is 0.0169. The SMILES string of the molecule is CC/C=C\C/C=C\C/C=C\C/C=C\CCCCCCCCC(=O)OCC(COP(=O)(O)OCC(O)COP(=O)(O)OCC(COC(=O)CCCCCCCCCCCCCCCCC)OC(=O)CCCCCCCCCCCCCCCCC)OC(=O)CCCCCCCC/C=C\C/C=C\C/C=C\C/C=C\CC. The van der Waals surface area contributed by atoms with Crippen LogP contribution in [0.5, 0.6) is 0 Å². The van der Waals surface area contributed by atoms with Crippen molar-refractivity contribution < 1.29 is 80.2 Å². The maximum Gasteiger partial charge on any atom is 0.472 e. The van der Waals surface area contributed by atoms with Crippen LogP contribution < -0.4 is 0 Å². The molecule has 626 valence electrons. The van der Waals surface area contributed by atoms with Crippen LogP contribution in [0.1, 0.15) is 387 Å². The first-order valence-corrected chi connectivity index (χ1v) is 46.5. The molecule has 19 heteroatoms. The van der Waals surface area contributed by atoms with E-state index in [0.29, 0.717) is 25.7 Å². The van der Waals surface area contributed by atoms with Gasteiger partial charge >= 0.3 is 39.5 Å². The molecule has 0 heterocycles. The average molecular weight is 1560 g/mol. The molecule has 0 amide bonds. The Labute approximate surface area is 658 Å². The Morgan fingerprint density at radius 1 is 0.269 bits per heavy atom. The van der Waals surface area contributed by atoms with Crippen molar-refractivity contribution in [3.8, 4) is 0 Å². The van der Waals surface area contributed by atoms with Crippen molar-refractivity contribution in [1.29, 1.82) is 0 Å². The molecule has 108 heavy (non-hydrogen) atoms. The molecule has 0 saturated carbocycles. The first-order chi connectivity index (χ1) is 52.7. The third-order valence-corrected chi connectivity index (χ3v) is 20.5. The third-order valence-electron chi connectivity index (χ3n) is 18.6. The third kappa shape index (κ3) is 80.0. The van der Waals surface area contributed by atoms with Crippen molar-refractivity contribution in [2.24, 2.45) is 0 Å². The summed E-state index contributed by atoms with van der Waals surface area (Å²) in [5, 5.41) is 10.7. The van der Waals surface area contributed by atoms with Gasteiger partial charge in [-0.1, -0.05) is 356 Å². The van der Waals surface area contributed by atoms with Crippen LogP contribution in [0, 0.1) is 0 Å². The maximum absolute atomic E-state index is 13.1. The number of phosphoric acid groups is 2. The van der Waals surface area contributed by atoms with Gasteiger partial charge in [0, 0.05) is 25.7 Å². The Morgan fingerprint density at radius 3 is 0.741 bits per heavy atom. The molecule has 0 fully saturated rings. The normalized spacial score (nSPS) is 14.2. The van der Waals surface area contributed by atoms with Crippen molar-refractivity contribution in [3.05, 3.63) is 97.2 Å². The molecular formula is C89H158O17P2. The molecule has 5 atom stereocenters. The molecule has 3 N–H and O–H groups in total. The summed E-state index contributed by atoms with van der Waals surface area (Å²) in [6.45, 7) is 4.72. The number of rotatable bonds is 82. The van der Waals surface area contributed by atoms with Gasteiger partial charge < -0.3 is 33.8 Å². The monoisotopic (exact) mass is 1560 g/mol. The van der Waals surface area contributed by atoms with Gasteiger partial charge in [0.05, 0.1) is 26.4 Å². The van der Waals surface area contributed by atoms with Crippen molar-refractivity contribution >= 4 is 39.5 Å². The van der Waals surface area contributed by atoms with Gasteiger partial charge in [-0.25, -0.2) is 9.13 Å². The fraction of sp³-hybridized carbons (Fsp3) is 0.775. The molecule has 0 spiro atoms. The molecule has 0 aromatic rings. The molecular weight excluding hydrogens is 1400 g/mol. The lowest BCUT2D eigenvalue weighted by atomic mass is 10.0. The molecule has 0 aromatic carbocycles. The van der Waals surface area contributed by atoms with Crippen LogP contribution in [0.4, 0.5) is 0 Å². The average Bonchev–Trinajstić information content (AvgIpc) is 0.896. The van der Waals surface area contributed by atoms with Gasteiger partial charge in [-0.05, 0) is 103 Å². The lowest BCUT2D eigenvalue weighted by Gasteiger charge is -2.21. The highest BCUT2D eigenvalue weighted by Gasteiger charge is 2.30. The number of allylic oxidation sites excluding steroid dienone is 16. The molecule has 0 aliphatic rings. The smallest absolute Gasteiger partial charge is 0.462 e. The zero-order valence-corrected chi connectivity index (χ0v) is 70.6. The summed E-state index contributed by atoms with van der Waals surface area (Å²) < 4.78 is 68.9. The van der Waals surface area contributed by atoms with Gasteiger partial charge in [-0.15, -0.1) is 0 Å². The zero-order valence-electron chi connectivity index (χ0n) is 68.8. The van der Waals surface area contributed by atoms with E-state index in [1.54, 1.807) is 0 Å². The van der Waals surface area contributed by atoms with Crippen molar-refractivity contribution in [2.45, 2.75) is 406 Å². The molecule has 0 aliphatic carbocycles. The predicted octanol–water partition coefficient (Wildman–Crippen LogP) is 25.9. The van der Waals surface area contributed by atoms with Crippen LogP contribution >= 0.6 is 15.6 Å². The second-order valence-corrected chi connectivity index (χ2v) is 32.0. The lowest BCUT2D eigenvalue weighted by Crippen LogP contribution is -2.30. The predicted molar refractivity (Wildman–Crippen MR) is 446 cm³/mol. The fourth-order valence-electron chi connectivity index (χ4n) is 12.0. The minimum atomic E-state index is -4.99. The topological polar surface area (TPSA) is 237 Å². The Bertz CT molecular complexity index is 2420. The standard InChI is InChI=1S/C89H158O17P2/c1-5-9-13-17-21-25-29-33-37-39-41-43-47-50-54-58-62-66-70-74-87(92)100-80-85(106-89(94)76-72-68-64-60-56-52-48-44-42-40-38-34-30-26-22-18-14-10-6-2)82-104-108(97,98)102-78-83(90)77-101-107(95,96)103-81-84(105-88(93)75-71-67-63-59-55-51-46-36-32-28-24-20-16-12-8-4)79-99-86(91)73-69-65-61-57-53-49-45-35-31-27-23-19-15-11-7-3/h9-10,13-14,21-22,25-26,33-34,37-38,41-44,83-85,90H,5-8,11-12,15-20,23-24,27-32,35-36,39-40,45-82H2,1-4H3,(H,95,96)(H,97,98)/b13-9-,14-10-,25-21-,26-22-,37-33-,38-34-,43-41-,44-42-. The number of unbranched alkanes of at least 4 members (excludes halogenated alkanes) is 40. The van der Waals surface area contributed by atoms with Crippen LogP contribution in [0.15, 0.2) is 97.2 Å². The lowest BCUT2D eigenvalue weighted by molar-refractivity contribution is -0.161. The molecule has 0 aliphatic heterocycles. The summed E-state index contributed by atoms with van der Waals surface area (Å²) in [7, 11) is -9.96. The van der Waals surface area contributed by atoms with E-state index >= 15 is 0 Å². The Morgan fingerprint density at radius 2 is 0.481 bits per heavy atom. The van der Waals surface area contributed by atoms with Crippen LogP contribution in [0.2, 0.25) is 0 Å². The van der Waals surface area contributed by atoms with E-state index in [0.717, 1.165) is 173 Å². The molecule has 0 saturated heterocycles. The van der Waals surface area contributed by atoms with Gasteiger partial charge in [0.2, 0.25) is 0 Å². The summed E-state index contributed by atoms with van der Waals surface area (Å²) in [4.78, 5) is 73.3. The number of carbonyl (C=O) groups is 4. The first kappa shape index (κ1) is 104. The largest absolute Gasteiger partial charge is 0.472 e. The van der Waals surface area contributed by atoms with E-state index in [1.165, 1.54) is 135 Å². The van der Waals surface area contributed by atoms with Gasteiger partial charge in [-0.2, -0.15) is 0 Å². The summed E-state index contributed by atoms with van der Waals surface area (Å²) in [5.74, 6) is -2.17. The zero-order chi connectivity index (χ0) is 78.9. The van der Waals surface area contributed by atoms with Crippen molar-refractivity contribution in [2.75, 3.05) is 39.6 Å². The second kappa shape index (κ2) is 81.0. The molecule has 0 bridgehead atoms. The Balaban J connectivity index is 5.37. The highest BCUT2D eigenvalue weighted by Crippen LogP contribution is 2.45. The Hall–Kier alpha value is -4.02. The van der Waals surface area contributed by atoms with Crippen LogP contribution in [-0.4, -0.2) is 96.7 Å². The highest BCUT2D eigenvalue weighted by molar-refractivity contribution is 7.47. The van der Waals surface area contributed by atoms with E-state index in [9.17, 15) is 43.2 Å². The minimum absolute atomic E-state index is 0.0756. The Kier molecular flexibility index (Phi) is 78.0. The number of aliphatic hydroxyl groups excluding tert-OH is 1. The number of aliphatic hydroxyl groups is 1. The van der Waals surface area contributed by atoms with Crippen molar-refractivity contribution in [3.63, 3.8) is 0 Å². The first-order valence-electron chi connectivity index (χ1n) is 43.5. The summed E-state index contributed by atoms with van der Waals surface area (Å²) >= 11 is 0. The van der Waals surface area contributed by atoms with E-state index < -0.39 is 97.5 Å². The summed E-state index contributed by atoms with van der Waals surface area (Å²) in [6, 6.07) is 0. The molecule has 17 nitrogen and oxygen atoms in total. The number of esters is 4. The highest BCUT2D eigenvalue weighted by atomic mass is 31.2. The van der Waals surface area contributed by atoms with Crippen molar-refractivity contribution in [1.82, 2.24) is 0 Å².